The number of carbonyl (C=O) groups is 2. The third-order valence-corrected chi connectivity index (χ3v) is 4.63. The zero-order chi connectivity index (χ0) is 19.6. The Morgan fingerprint density at radius 2 is 2.15 bits per heavy atom. The Kier molecular flexibility index (Phi) is 5.39. The number of ether oxygens (including phenoxy) is 1. The highest BCUT2D eigenvalue weighted by Crippen LogP contribution is 2.21. The second-order valence-electron chi connectivity index (χ2n) is 7.96. The van der Waals surface area contributed by atoms with Crippen molar-refractivity contribution in [2.75, 3.05) is 19.6 Å². The number of fused-ring (bicyclic) bond motifs is 1. The van der Waals surface area contributed by atoms with Gasteiger partial charge in [0.1, 0.15) is 11.4 Å². The zero-order valence-electron chi connectivity index (χ0n) is 16.0. The molecule has 146 valence electrons. The van der Waals surface area contributed by atoms with Gasteiger partial charge in [-0.05, 0) is 57.4 Å². The van der Waals surface area contributed by atoms with E-state index in [1.165, 1.54) is 12.1 Å². The van der Waals surface area contributed by atoms with Crippen molar-refractivity contribution < 1.29 is 18.7 Å². The molecule has 1 aromatic carbocycles. The fraction of sp³-hybridized carbons (Fsp3) is 0.500. The summed E-state index contributed by atoms with van der Waals surface area (Å²) in [6.45, 7) is 6.87. The Labute approximate surface area is 158 Å². The topological polar surface area (TPSA) is 74.4 Å². The Hall–Kier alpha value is -2.57. The lowest BCUT2D eigenvalue weighted by atomic mass is 10.1. The zero-order valence-corrected chi connectivity index (χ0v) is 16.0. The van der Waals surface area contributed by atoms with Gasteiger partial charge in [-0.1, -0.05) is 0 Å². The summed E-state index contributed by atoms with van der Waals surface area (Å²) in [7, 11) is 0. The first-order chi connectivity index (χ1) is 12.7. The lowest BCUT2D eigenvalue weighted by Gasteiger charge is -2.24. The summed E-state index contributed by atoms with van der Waals surface area (Å²) in [6.07, 6.45) is 2.76. The highest BCUT2D eigenvalue weighted by Gasteiger charge is 2.33. The van der Waals surface area contributed by atoms with Crippen LogP contribution < -0.4 is 5.32 Å². The normalized spacial score (nSPS) is 17.3. The number of likely N-dealkylation sites (tertiary alicyclic amines) is 1. The average Bonchev–Trinajstić information content (AvgIpc) is 3.20. The molecule has 2 aromatic rings. The number of rotatable bonds is 4. The molecule has 0 bridgehead atoms. The van der Waals surface area contributed by atoms with Gasteiger partial charge in [0.15, 0.2) is 0 Å². The first-order valence-corrected chi connectivity index (χ1v) is 9.24. The molecule has 27 heavy (non-hydrogen) atoms. The number of H-pyrrole nitrogens is 1. The number of aromatic nitrogens is 1. The van der Waals surface area contributed by atoms with Crippen molar-refractivity contribution in [3.05, 3.63) is 35.8 Å². The number of aromatic amines is 1. The van der Waals surface area contributed by atoms with Gasteiger partial charge >= 0.3 is 6.09 Å². The number of hydrogen-bond acceptors (Lipinski definition) is 3. The Morgan fingerprint density at radius 3 is 2.89 bits per heavy atom. The van der Waals surface area contributed by atoms with Crippen LogP contribution in [0.1, 0.15) is 32.8 Å². The molecule has 2 N–H and O–H groups in total. The molecule has 0 aliphatic carbocycles. The fourth-order valence-electron chi connectivity index (χ4n) is 3.30. The first kappa shape index (κ1) is 19.2. The molecule has 1 atom stereocenters. The van der Waals surface area contributed by atoms with Crippen molar-refractivity contribution in [1.82, 2.24) is 15.2 Å². The summed E-state index contributed by atoms with van der Waals surface area (Å²) in [5.74, 6) is -0.540. The SMILES string of the molecule is CC(C)(C)OC(=O)N1CC[C@H](C(=O)NCCc2c[nH]c3cc(F)ccc23)C1. The van der Waals surface area contributed by atoms with E-state index in [4.69, 9.17) is 4.74 Å². The van der Waals surface area contributed by atoms with Crippen molar-refractivity contribution in [1.29, 1.82) is 0 Å². The maximum atomic E-state index is 13.2. The quantitative estimate of drug-likeness (QED) is 0.862. The molecule has 3 rings (SSSR count). The number of benzene rings is 1. The van der Waals surface area contributed by atoms with Gasteiger partial charge in [-0.15, -0.1) is 0 Å². The molecular formula is C20H26FN3O3. The number of amides is 2. The lowest BCUT2D eigenvalue weighted by Crippen LogP contribution is -2.38. The number of halogens is 1. The molecule has 1 aromatic heterocycles. The van der Waals surface area contributed by atoms with Gasteiger partial charge in [0, 0.05) is 36.7 Å². The minimum absolute atomic E-state index is 0.0491. The van der Waals surface area contributed by atoms with Gasteiger partial charge < -0.3 is 19.9 Å². The van der Waals surface area contributed by atoms with Crippen molar-refractivity contribution in [2.24, 2.45) is 5.92 Å². The summed E-state index contributed by atoms with van der Waals surface area (Å²) >= 11 is 0. The average molecular weight is 375 g/mol. The molecule has 1 aliphatic rings. The van der Waals surface area contributed by atoms with Crippen molar-refractivity contribution in [2.45, 2.75) is 39.2 Å². The molecule has 0 spiro atoms. The van der Waals surface area contributed by atoms with E-state index < -0.39 is 5.60 Å². The van der Waals surface area contributed by atoms with Crippen molar-refractivity contribution in [3.8, 4) is 0 Å². The Morgan fingerprint density at radius 1 is 1.37 bits per heavy atom. The van der Waals surface area contributed by atoms with Crippen LogP contribution in [0.25, 0.3) is 10.9 Å². The van der Waals surface area contributed by atoms with E-state index in [1.807, 2.05) is 27.0 Å². The highest BCUT2D eigenvalue weighted by atomic mass is 19.1. The number of hydrogen-bond donors (Lipinski definition) is 2. The van der Waals surface area contributed by atoms with E-state index in [0.717, 1.165) is 16.5 Å². The molecule has 2 amide bonds. The van der Waals surface area contributed by atoms with Gasteiger partial charge in [-0.3, -0.25) is 4.79 Å². The maximum Gasteiger partial charge on any atom is 0.410 e. The maximum absolute atomic E-state index is 13.2. The van der Waals surface area contributed by atoms with Crippen LogP contribution in [0, 0.1) is 11.7 Å². The summed E-state index contributed by atoms with van der Waals surface area (Å²) < 4.78 is 18.6. The van der Waals surface area contributed by atoms with E-state index in [2.05, 4.69) is 10.3 Å². The van der Waals surface area contributed by atoms with Gasteiger partial charge in [0.05, 0.1) is 5.92 Å². The van der Waals surface area contributed by atoms with Gasteiger partial charge in [0.2, 0.25) is 5.91 Å². The third kappa shape index (κ3) is 4.78. The summed E-state index contributed by atoms with van der Waals surface area (Å²) in [5, 5.41) is 3.90. The predicted octanol–water partition coefficient (Wildman–Crippen LogP) is 3.22. The van der Waals surface area contributed by atoms with Crippen LogP contribution in [0.5, 0.6) is 0 Å². The smallest absolute Gasteiger partial charge is 0.410 e. The molecule has 0 unspecified atom stereocenters. The van der Waals surface area contributed by atoms with Crippen LogP contribution in [0.15, 0.2) is 24.4 Å². The largest absolute Gasteiger partial charge is 0.444 e. The Balaban J connectivity index is 1.48. The molecule has 0 radical (unpaired) electrons. The standard InChI is InChI=1S/C20H26FN3O3/c1-20(2,3)27-19(26)24-9-7-14(12-24)18(25)22-8-6-13-11-23-17-10-15(21)4-5-16(13)17/h4-5,10-11,14,23H,6-9,12H2,1-3H3,(H,22,25)/t14-/m0/s1. The summed E-state index contributed by atoms with van der Waals surface area (Å²) in [6, 6.07) is 4.64. The van der Waals surface area contributed by atoms with Crippen LogP contribution in [0.3, 0.4) is 0 Å². The second-order valence-corrected chi connectivity index (χ2v) is 7.96. The lowest BCUT2D eigenvalue weighted by molar-refractivity contribution is -0.124. The van der Waals surface area contributed by atoms with Gasteiger partial charge in [-0.2, -0.15) is 0 Å². The van der Waals surface area contributed by atoms with Gasteiger partial charge in [0.25, 0.3) is 0 Å². The molecule has 1 saturated heterocycles. The molecule has 1 aliphatic heterocycles. The molecule has 6 nitrogen and oxygen atoms in total. The van der Waals surface area contributed by atoms with Crippen LogP contribution in [-0.4, -0.2) is 47.1 Å². The number of carbonyl (C=O) groups excluding carboxylic acids is 2. The number of nitrogens with one attached hydrogen (secondary N) is 2. The highest BCUT2D eigenvalue weighted by molar-refractivity contribution is 5.83. The summed E-state index contributed by atoms with van der Waals surface area (Å²) in [5.41, 5.74) is 1.24. The Bertz CT molecular complexity index is 841. The second kappa shape index (κ2) is 7.58. The number of nitrogens with zero attached hydrogens (tertiary/aromatic N) is 1. The monoisotopic (exact) mass is 375 g/mol. The van der Waals surface area contributed by atoms with E-state index in [1.54, 1.807) is 11.0 Å². The fourth-order valence-corrected chi connectivity index (χ4v) is 3.30. The minimum Gasteiger partial charge on any atom is -0.444 e. The van der Waals surface area contributed by atoms with Crippen LogP contribution in [0.2, 0.25) is 0 Å². The molecule has 2 heterocycles. The van der Waals surface area contributed by atoms with Gasteiger partial charge in [-0.25, -0.2) is 9.18 Å². The first-order valence-electron chi connectivity index (χ1n) is 9.24. The minimum atomic E-state index is -0.542. The third-order valence-electron chi connectivity index (χ3n) is 4.63. The van der Waals surface area contributed by atoms with Crippen molar-refractivity contribution in [3.63, 3.8) is 0 Å². The van der Waals surface area contributed by atoms with E-state index in [9.17, 15) is 14.0 Å². The molecular weight excluding hydrogens is 349 g/mol. The van der Waals surface area contributed by atoms with Crippen LogP contribution >= 0.6 is 0 Å². The molecule has 1 fully saturated rings. The van der Waals surface area contributed by atoms with E-state index in [-0.39, 0.29) is 23.7 Å². The molecule has 0 saturated carbocycles. The van der Waals surface area contributed by atoms with E-state index >= 15 is 0 Å². The molecule has 7 heteroatoms. The van der Waals surface area contributed by atoms with E-state index in [0.29, 0.717) is 32.5 Å². The van der Waals surface area contributed by atoms with Crippen molar-refractivity contribution >= 4 is 22.9 Å². The van der Waals surface area contributed by atoms with Crippen LogP contribution in [0.4, 0.5) is 9.18 Å². The predicted molar refractivity (Wildman–Crippen MR) is 101 cm³/mol. The van der Waals surface area contributed by atoms with Crippen LogP contribution in [-0.2, 0) is 16.0 Å². The summed E-state index contributed by atoms with van der Waals surface area (Å²) in [4.78, 5) is 29.1.